The molecular weight excluding hydrogens is 357 g/mol. The predicted octanol–water partition coefficient (Wildman–Crippen LogP) is 4.04. The van der Waals surface area contributed by atoms with Crippen LogP contribution in [0.15, 0.2) is 29.8 Å². The van der Waals surface area contributed by atoms with E-state index in [2.05, 4.69) is 25.5 Å². The van der Waals surface area contributed by atoms with Crippen molar-refractivity contribution in [3.8, 4) is 0 Å². The van der Waals surface area contributed by atoms with Crippen molar-refractivity contribution in [2.75, 3.05) is 10.8 Å². The van der Waals surface area contributed by atoms with E-state index in [9.17, 15) is 4.79 Å². The van der Waals surface area contributed by atoms with Gasteiger partial charge in [-0.25, -0.2) is 0 Å². The van der Waals surface area contributed by atoms with Gasteiger partial charge in [0.2, 0.25) is 0 Å². The average molecular weight is 366 g/mol. The Kier molecular flexibility index (Phi) is 4.16. The fourth-order valence-corrected chi connectivity index (χ4v) is 3.60. The van der Waals surface area contributed by atoms with Crippen LogP contribution >= 0.6 is 41.9 Å². The van der Waals surface area contributed by atoms with E-state index >= 15 is 0 Å². The molecule has 1 aromatic rings. The lowest BCUT2D eigenvalue weighted by Crippen LogP contribution is -2.13. The Labute approximate surface area is 116 Å². The topological polar surface area (TPSA) is 20.3 Å². The molecule has 0 saturated carbocycles. The largest absolute Gasteiger partial charge is 0.307 e. The molecule has 0 aromatic heterocycles. The molecule has 0 amide bonds. The Bertz CT molecular complexity index is 449. The average Bonchev–Trinajstić information content (AvgIpc) is 2.47. The molecule has 0 saturated heterocycles. The summed E-state index contributed by atoms with van der Waals surface area (Å²) in [6.07, 6.45) is 1.55. The van der Waals surface area contributed by atoms with Crippen LogP contribution in [0.3, 0.4) is 0 Å². The minimum Gasteiger partial charge on any atom is -0.307 e. The monoisotopic (exact) mass is 365 g/mol. The highest BCUT2D eigenvalue weighted by atomic mass is 127. The van der Waals surface area contributed by atoms with Crippen LogP contribution in [0.4, 0.5) is 5.69 Å². The number of anilines is 1. The Morgan fingerprint density at radius 2 is 2.19 bits per heavy atom. The molecule has 0 aliphatic carbocycles. The van der Waals surface area contributed by atoms with Crippen molar-refractivity contribution in [2.24, 2.45) is 0 Å². The van der Waals surface area contributed by atoms with E-state index < -0.39 is 0 Å². The van der Waals surface area contributed by atoms with Gasteiger partial charge < -0.3 is 4.31 Å². The first-order valence-electron chi connectivity index (χ1n) is 4.77. The van der Waals surface area contributed by atoms with Gasteiger partial charge in [-0.2, -0.15) is 0 Å². The Morgan fingerprint density at radius 1 is 1.44 bits per heavy atom. The van der Waals surface area contributed by atoms with Crippen LogP contribution in [-0.4, -0.2) is 12.8 Å². The number of benzene rings is 1. The standard InChI is InChI=1S/C11H9ClINOS/c12-11-8(7-15)5-6-14(16-13)10-4-2-1-3-9(10)11/h1-4,7H,5-6H2. The lowest BCUT2D eigenvalue weighted by atomic mass is 10.1. The summed E-state index contributed by atoms with van der Waals surface area (Å²) in [6.45, 7) is 0.801. The highest BCUT2D eigenvalue weighted by molar-refractivity contribution is 14.2. The molecule has 0 radical (unpaired) electrons. The SMILES string of the molecule is O=CC1=C(Cl)c2ccccc2N(SI)CC1. The number of aldehydes is 1. The van der Waals surface area contributed by atoms with Crippen LogP contribution in [-0.2, 0) is 4.79 Å². The highest BCUT2D eigenvalue weighted by Crippen LogP contribution is 2.39. The molecule has 5 heteroatoms. The third-order valence-electron chi connectivity index (χ3n) is 2.50. The van der Waals surface area contributed by atoms with Crippen LogP contribution < -0.4 is 4.31 Å². The maximum atomic E-state index is 11.0. The third-order valence-corrected chi connectivity index (χ3v) is 4.92. The Balaban J connectivity index is 2.57. The number of nitrogens with zero attached hydrogens (tertiary/aromatic N) is 1. The molecule has 0 bridgehead atoms. The zero-order valence-electron chi connectivity index (χ0n) is 8.32. The van der Waals surface area contributed by atoms with Gasteiger partial charge in [0.15, 0.2) is 0 Å². The van der Waals surface area contributed by atoms with Gasteiger partial charge in [0.05, 0.1) is 10.7 Å². The molecule has 0 fully saturated rings. The number of carbonyl (C=O) groups excluding carboxylic acids is 1. The summed E-state index contributed by atoms with van der Waals surface area (Å²) in [7, 11) is 1.62. The molecule has 0 spiro atoms. The van der Waals surface area contributed by atoms with Crippen molar-refractivity contribution in [1.82, 2.24) is 0 Å². The van der Waals surface area contributed by atoms with Gasteiger partial charge in [0.1, 0.15) is 6.29 Å². The summed E-state index contributed by atoms with van der Waals surface area (Å²) >= 11 is 8.49. The van der Waals surface area contributed by atoms with Gasteiger partial charge in [-0.05, 0) is 12.5 Å². The normalized spacial score (nSPS) is 15.8. The summed E-state index contributed by atoms with van der Waals surface area (Å²) in [5.41, 5.74) is 2.69. The number of hydrogen-bond donors (Lipinski definition) is 0. The van der Waals surface area contributed by atoms with Gasteiger partial charge in [0.25, 0.3) is 0 Å². The molecule has 2 rings (SSSR count). The van der Waals surface area contributed by atoms with Crippen molar-refractivity contribution < 1.29 is 4.79 Å². The van der Waals surface area contributed by atoms with Gasteiger partial charge in [-0.1, -0.05) is 29.8 Å². The van der Waals surface area contributed by atoms with Crippen molar-refractivity contribution in [2.45, 2.75) is 6.42 Å². The first-order valence-corrected chi connectivity index (χ1v) is 8.47. The summed E-state index contributed by atoms with van der Waals surface area (Å²) in [5.74, 6) is 0. The molecule has 84 valence electrons. The van der Waals surface area contributed by atoms with Crippen LogP contribution in [0.25, 0.3) is 5.03 Å². The lowest BCUT2D eigenvalue weighted by Gasteiger charge is -2.20. The molecule has 2 nitrogen and oxygen atoms in total. The summed E-state index contributed by atoms with van der Waals surface area (Å²) < 4.78 is 2.15. The number of rotatable bonds is 2. The highest BCUT2D eigenvalue weighted by Gasteiger charge is 2.20. The third kappa shape index (κ3) is 2.24. The summed E-state index contributed by atoms with van der Waals surface area (Å²) in [4.78, 5) is 11.0. The minimum absolute atomic E-state index is 0.582. The zero-order valence-corrected chi connectivity index (χ0v) is 12.1. The van der Waals surface area contributed by atoms with Crippen LogP contribution in [0.2, 0.25) is 0 Å². The van der Waals surface area contributed by atoms with E-state index in [0.717, 1.165) is 24.1 Å². The van der Waals surface area contributed by atoms with Crippen LogP contribution in [0, 0.1) is 0 Å². The van der Waals surface area contributed by atoms with Gasteiger partial charge in [-0.15, -0.1) is 0 Å². The first-order chi connectivity index (χ1) is 7.77. The summed E-state index contributed by atoms with van der Waals surface area (Å²) in [6, 6.07) is 7.89. The first kappa shape index (κ1) is 12.3. The zero-order chi connectivity index (χ0) is 11.5. The maximum absolute atomic E-state index is 11.0. The molecule has 16 heavy (non-hydrogen) atoms. The molecule has 1 aromatic carbocycles. The second-order valence-electron chi connectivity index (χ2n) is 3.40. The molecule has 1 heterocycles. The van der Waals surface area contributed by atoms with E-state index in [4.69, 9.17) is 11.6 Å². The molecule has 0 N–H and O–H groups in total. The Morgan fingerprint density at radius 3 is 2.88 bits per heavy atom. The molecule has 0 atom stereocenters. The quantitative estimate of drug-likeness (QED) is 0.448. The van der Waals surface area contributed by atoms with Crippen LogP contribution in [0.5, 0.6) is 0 Å². The van der Waals surface area contributed by atoms with Crippen molar-refractivity contribution in [1.29, 1.82) is 0 Å². The summed E-state index contributed by atoms with van der Waals surface area (Å²) in [5, 5.41) is 0.582. The molecule has 1 aliphatic heterocycles. The van der Waals surface area contributed by atoms with E-state index in [1.807, 2.05) is 24.3 Å². The smallest absolute Gasteiger partial charge is 0.147 e. The second-order valence-corrected chi connectivity index (χ2v) is 5.53. The van der Waals surface area contributed by atoms with Gasteiger partial charge in [0, 0.05) is 48.0 Å². The number of para-hydroxylation sites is 1. The number of halogens is 2. The van der Waals surface area contributed by atoms with E-state index in [-0.39, 0.29) is 0 Å². The van der Waals surface area contributed by atoms with E-state index in [0.29, 0.717) is 17.0 Å². The Hall–Kier alpha value is -0.200. The molecular formula is C11H9ClINOS. The minimum atomic E-state index is 0.582. The molecule has 1 aliphatic rings. The molecule has 0 unspecified atom stereocenters. The van der Waals surface area contributed by atoms with Crippen molar-refractivity contribution >= 4 is 58.9 Å². The number of hydrogen-bond acceptors (Lipinski definition) is 3. The lowest BCUT2D eigenvalue weighted by molar-refractivity contribution is -0.104. The van der Waals surface area contributed by atoms with Crippen LogP contribution in [0.1, 0.15) is 12.0 Å². The van der Waals surface area contributed by atoms with E-state index in [1.165, 1.54) is 0 Å². The fraction of sp³-hybridized carbons (Fsp3) is 0.182. The van der Waals surface area contributed by atoms with Gasteiger partial charge >= 0.3 is 0 Å². The number of fused-ring (bicyclic) bond motifs is 1. The second kappa shape index (κ2) is 5.42. The number of carbonyl (C=O) groups is 1. The van der Waals surface area contributed by atoms with Crippen molar-refractivity contribution in [3.05, 3.63) is 35.4 Å². The van der Waals surface area contributed by atoms with Crippen molar-refractivity contribution in [3.63, 3.8) is 0 Å². The predicted molar refractivity (Wildman–Crippen MR) is 78.9 cm³/mol. The van der Waals surface area contributed by atoms with E-state index in [1.54, 1.807) is 9.12 Å². The maximum Gasteiger partial charge on any atom is 0.147 e. The fourth-order valence-electron chi connectivity index (χ4n) is 1.68. The van der Waals surface area contributed by atoms with Gasteiger partial charge in [-0.3, -0.25) is 4.79 Å².